The summed E-state index contributed by atoms with van der Waals surface area (Å²) in [6.45, 7) is 3.86. The summed E-state index contributed by atoms with van der Waals surface area (Å²) < 4.78 is 0. The van der Waals surface area contributed by atoms with Gasteiger partial charge in [-0.1, -0.05) is 19.3 Å². The second-order valence-corrected chi connectivity index (χ2v) is 2.73. The van der Waals surface area contributed by atoms with Gasteiger partial charge in [-0.2, -0.15) is 0 Å². The minimum Gasteiger partial charge on any atom is -0.379 e. The monoisotopic (exact) mass is 155 g/mol. The minimum absolute atomic E-state index is 0.246. The van der Waals surface area contributed by atoms with Crippen LogP contribution in [0.2, 0.25) is 0 Å². The van der Waals surface area contributed by atoms with Crippen molar-refractivity contribution in [2.75, 3.05) is 0 Å². The van der Waals surface area contributed by atoms with E-state index in [4.69, 9.17) is 10.8 Å². The van der Waals surface area contributed by atoms with Gasteiger partial charge in [0.15, 0.2) is 0 Å². The Hall–Kier alpha value is -0.520. The maximum absolute atomic E-state index is 9.13. The zero-order valence-corrected chi connectivity index (χ0v) is 7.30. The Bertz CT molecular complexity index is 143. The zero-order chi connectivity index (χ0) is 8.69. The molecule has 0 aromatic rings. The second kappa shape index (κ2) is 6.21. The van der Waals surface area contributed by atoms with Crippen LogP contribution in [-0.2, 0) is 0 Å². The quantitative estimate of drug-likeness (QED) is 0.469. The Morgan fingerprint density at radius 2 is 2.18 bits per heavy atom. The third-order valence-corrected chi connectivity index (χ3v) is 1.40. The van der Waals surface area contributed by atoms with E-state index >= 15 is 0 Å². The number of aliphatic hydroxyl groups is 1. The topological polar surface area (TPSA) is 46.2 Å². The molecule has 0 fully saturated rings. The summed E-state index contributed by atoms with van der Waals surface area (Å²) in [7, 11) is 0. The van der Waals surface area contributed by atoms with Crippen molar-refractivity contribution >= 4 is 0 Å². The summed E-state index contributed by atoms with van der Waals surface area (Å²) >= 11 is 0. The molecule has 0 spiro atoms. The van der Waals surface area contributed by atoms with Crippen LogP contribution >= 0.6 is 0 Å². The molecule has 2 nitrogen and oxygen atoms in total. The highest BCUT2D eigenvalue weighted by Crippen LogP contribution is 1.92. The molecule has 11 heavy (non-hydrogen) atoms. The summed E-state index contributed by atoms with van der Waals surface area (Å²) in [5.41, 5.74) is 5.40. The first-order valence-corrected chi connectivity index (χ1v) is 4.10. The van der Waals surface area contributed by atoms with Gasteiger partial charge in [-0.3, -0.25) is 0 Å². The van der Waals surface area contributed by atoms with Crippen molar-refractivity contribution in [3.8, 4) is 11.8 Å². The number of unbranched alkanes of at least 4 members (excludes halogenated alkanes) is 2. The fourth-order valence-electron chi connectivity index (χ4n) is 0.573. The van der Waals surface area contributed by atoms with Gasteiger partial charge in [0.05, 0.1) is 0 Å². The molecular weight excluding hydrogens is 138 g/mol. The third kappa shape index (κ3) is 5.90. The highest BCUT2D eigenvalue weighted by molar-refractivity contribution is 5.06. The summed E-state index contributed by atoms with van der Waals surface area (Å²) in [6.07, 6.45) is 2.44. The molecule has 0 aromatic carbocycles. The Morgan fingerprint density at radius 1 is 1.55 bits per heavy atom. The van der Waals surface area contributed by atoms with Gasteiger partial charge in [-0.25, -0.2) is 0 Å². The Kier molecular flexibility index (Phi) is 5.91. The standard InChI is InChI=1S/C9H17NO/c1-3-4-5-6-7-9(11)8(2)10/h8-9,11H,3-5,10H2,1-2H3/t8-,9+/m0/s1. The number of hydrogen-bond donors (Lipinski definition) is 2. The first-order chi connectivity index (χ1) is 5.18. The first kappa shape index (κ1) is 10.5. The predicted molar refractivity (Wildman–Crippen MR) is 47.0 cm³/mol. The van der Waals surface area contributed by atoms with Crippen LogP contribution in [0.1, 0.15) is 33.1 Å². The lowest BCUT2D eigenvalue weighted by Crippen LogP contribution is -2.29. The van der Waals surface area contributed by atoms with E-state index in [0.29, 0.717) is 0 Å². The maximum Gasteiger partial charge on any atom is 0.129 e. The van der Waals surface area contributed by atoms with Crippen LogP contribution in [-0.4, -0.2) is 17.3 Å². The highest BCUT2D eigenvalue weighted by Gasteiger charge is 2.02. The van der Waals surface area contributed by atoms with Crippen molar-refractivity contribution < 1.29 is 5.11 Å². The van der Waals surface area contributed by atoms with E-state index in [9.17, 15) is 0 Å². The average Bonchev–Trinajstić information content (AvgIpc) is 1.97. The number of hydrogen-bond acceptors (Lipinski definition) is 2. The number of nitrogens with two attached hydrogens (primary N) is 1. The smallest absolute Gasteiger partial charge is 0.129 e. The van der Waals surface area contributed by atoms with Crippen molar-refractivity contribution in [3.05, 3.63) is 0 Å². The van der Waals surface area contributed by atoms with Gasteiger partial charge in [0.2, 0.25) is 0 Å². The Morgan fingerprint density at radius 3 is 2.64 bits per heavy atom. The van der Waals surface area contributed by atoms with E-state index in [2.05, 4.69) is 18.8 Å². The molecule has 0 bridgehead atoms. The second-order valence-electron chi connectivity index (χ2n) is 2.73. The van der Waals surface area contributed by atoms with Crippen LogP contribution in [0.15, 0.2) is 0 Å². The van der Waals surface area contributed by atoms with Crippen LogP contribution < -0.4 is 5.73 Å². The van der Waals surface area contributed by atoms with Gasteiger partial charge in [0, 0.05) is 12.5 Å². The van der Waals surface area contributed by atoms with E-state index in [1.54, 1.807) is 6.92 Å². The number of aliphatic hydroxyl groups excluding tert-OH is 1. The van der Waals surface area contributed by atoms with E-state index in [1.165, 1.54) is 0 Å². The van der Waals surface area contributed by atoms with Gasteiger partial charge in [0.1, 0.15) is 6.10 Å². The van der Waals surface area contributed by atoms with Crippen LogP contribution in [0, 0.1) is 11.8 Å². The molecule has 0 rings (SSSR count). The fourth-order valence-corrected chi connectivity index (χ4v) is 0.573. The van der Waals surface area contributed by atoms with Crippen LogP contribution in [0.4, 0.5) is 0 Å². The molecule has 0 unspecified atom stereocenters. The lowest BCUT2D eigenvalue weighted by Gasteiger charge is -2.05. The molecule has 0 saturated heterocycles. The van der Waals surface area contributed by atoms with E-state index in [-0.39, 0.29) is 6.04 Å². The van der Waals surface area contributed by atoms with E-state index in [1.807, 2.05) is 0 Å². The SMILES string of the molecule is CCCCC#C[C@@H](O)[C@H](C)N. The predicted octanol–water partition coefficient (Wildman–Crippen LogP) is 0.888. The molecule has 0 aliphatic carbocycles. The Balaban J connectivity index is 3.51. The Labute approximate surface area is 68.8 Å². The molecule has 0 aliphatic rings. The van der Waals surface area contributed by atoms with Crippen molar-refractivity contribution in [3.63, 3.8) is 0 Å². The van der Waals surface area contributed by atoms with Crippen molar-refractivity contribution in [1.29, 1.82) is 0 Å². The lowest BCUT2D eigenvalue weighted by molar-refractivity contribution is 0.207. The summed E-state index contributed by atoms with van der Waals surface area (Å²) in [6, 6.07) is -0.246. The zero-order valence-electron chi connectivity index (χ0n) is 7.30. The molecule has 0 radical (unpaired) electrons. The van der Waals surface area contributed by atoms with Crippen LogP contribution in [0.3, 0.4) is 0 Å². The molecule has 2 heteroatoms. The van der Waals surface area contributed by atoms with Gasteiger partial charge >= 0.3 is 0 Å². The molecule has 2 atom stereocenters. The van der Waals surface area contributed by atoms with E-state index in [0.717, 1.165) is 19.3 Å². The lowest BCUT2D eigenvalue weighted by atomic mass is 10.2. The van der Waals surface area contributed by atoms with Crippen molar-refractivity contribution in [2.45, 2.75) is 45.3 Å². The third-order valence-electron chi connectivity index (χ3n) is 1.40. The molecule has 3 N–H and O–H groups in total. The van der Waals surface area contributed by atoms with Crippen LogP contribution in [0.25, 0.3) is 0 Å². The van der Waals surface area contributed by atoms with Gasteiger partial charge in [-0.05, 0) is 13.3 Å². The van der Waals surface area contributed by atoms with Crippen LogP contribution in [0.5, 0.6) is 0 Å². The summed E-state index contributed by atoms with van der Waals surface area (Å²) in [5, 5.41) is 9.13. The van der Waals surface area contributed by atoms with Crippen molar-refractivity contribution in [2.24, 2.45) is 5.73 Å². The highest BCUT2D eigenvalue weighted by atomic mass is 16.3. The summed E-state index contributed by atoms with van der Waals surface area (Å²) in [5.74, 6) is 5.58. The molecule has 64 valence electrons. The van der Waals surface area contributed by atoms with Gasteiger partial charge < -0.3 is 10.8 Å². The molecule has 0 saturated carbocycles. The molecule has 0 aromatic heterocycles. The first-order valence-electron chi connectivity index (χ1n) is 4.10. The van der Waals surface area contributed by atoms with E-state index < -0.39 is 6.10 Å². The molecule has 0 aliphatic heterocycles. The molecule has 0 heterocycles. The average molecular weight is 155 g/mol. The molecule has 0 amide bonds. The van der Waals surface area contributed by atoms with Crippen molar-refractivity contribution in [1.82, 2.24) is 0 Å². The maximum atomic E-state index is 9.13. The number of rotatable bonds is 3. The largest absolute Gasteiger partial charge is 0.379 e. The fraction of sp³-hybridized carbons (Fsp3) is 0.778. The summed E-state index contributed by atoms with van der Waals surface area (Å²) in [4.78, 5) is 0. The van der Waals surface area contributed by atoms with Gasteiger partial charge in [0.25, 0.3) is 0 Å². The normalized spacial score (nSPS) is 14.9. The minimum atomic E-state index is -0.660. The molecular formula is C9H17NO. The van der Waals surface area contributed by atoms with Gasteiger partial charge in [-0.15, -0.1) is 5.92 Å².